The average Bonchev–Trinajstić information content (AvgIpc) is 2.36. The zero-order chi connectivity index (χ0) is 15.6. The first-order chi connectivity index (χ1) is 9.86. The van der Waals surface area contributed by atoms with E-state index in [1.807, 2.05) is 13.8 Å². The van der Waals surface area contributed by atoms with Gasteiger partial charge in [-0.05, 0) is 56.5 Å². The molecule has 3 heteroatoms. The number of aryl methyl sites for hydroxylation is 4. The molecule has 110 valence electrons. The summed E-state index contributed by atoms with van der Waals surface area (Å²) in [4.78, 5) is 11.0. The number of hydrogen-bond acceptors (Lipinski definition) is 2. The van der Waals surface area contributed by atoms with E-state index < -0.39 is 5.97 Å². The van der Waals surface area contributed by atoms with Gasteiger partial charge in [0.1, 0.15) is 12.4 Å². The van der Waals surface area contributed by atoms with Crippen LogP contribution in [0.1, 0.15) is 38.2 Å². The molecule has 1 N–H and O–H groups in total. The van der Waals surface area contributed by atoms with Gasteiger partial charge in [0.25, 0.3) is 0 Å². The van der Waals surface area contributed by atoms with Crippen LogP contribution in [-0.4, -0.2) is 11.1 Å². The minimum Gasteiger partial charge on any atom is -0.488 e. The van der Waals surface area contributed by atoms with Crippen molar-refractivity contribution in [1.29, 1.82) is 0 Å². The second-order valence-corrected chi connectivity index (χ2v) is 5.53. The Hall–Kier alpha value is -2.29. The van der Waals surface area contributed by atoms with Crippen LogP contribution < -0.4 is 4.74 Å². The highest BCUT2D eigenvalue weighted by Crippen LogP contribution is 2.26. The highest BCUT2D eigenvalue weighted by Gasteiger charge is 2.11. The highest BCUT2D eigenvalue weighted by molar-refractivity contribution is 5.88. The van der Waals surface area contributed by atoms with Gasteiger partial charge in [0.05, 0.1) is 5.56 Å². The zero-order valence-electron chi connectivity index (χ0n) is 12.9. The Bertz CT molecular complexity index is 644. The fourth-order valence-corrected chi connectivity index (χ4v) is 2.61. The van der Waals surface area contributed by atoms with Crippen LogP contribution in [0.3, 0.4) is 0 Å². The van der Waals surface area contributed by atoms with E-state index in [1.165, 1.54) is 11.1 Å². The van der Waals surface area contributed by atoms with E-state index in [0.29, 0.717) is 12.2 Å². The predicted octanol–water partition coefficient (Wildman–Crippen LogP) is 4.20. The second kappa shape index (κ2) is 6.00. The van der Waals surface area contributed by atoms with Gasteiger partial charge in [-0.25, -0.2) is 4.79 Å². The lowest BCUT2D eigenvalue weighted by Gasteiger charge is -2.14. The number of carbonyl (C=O) groups is 1. The van der Waals surface area contributed by atoms with Gasteiger partial charge in [-0.2, -0.15) is 0 Å². The van der Waals surface area contributed by atoms with Crippen molar-refractivity contribution in [3.63, 3.8) is 0 Å². The normalized spacial score (nSPS) is 10.5. The monoisotopic (exact) mass is 284 g/mol. The lowest BCUT2D eigenvalue weighted by molar-refractivity contribution is 0.0696. The molecule has 0 aliphatic heterocycles. The second-order valence-electron chi connectivity index (χ2n) is 5.53. The van der Waals surface area contributed by atoms with Crippen molar-refractivity contribution in [3.8, 4) is 5.75 Å². The minimum absolute atomic E-state index is 0.295. The molecule has 0 amide bonds. The number of benzene rings is 2. The van der Waals surface area contributed by atoms with Crippen LogP contribution in [0.2, 0.25) is 0 Å². The van der Waals surface area contributed by atoms with Crippen molar-refractivity contribution >= 4 is 5.97 Å². The molecule has 0 aliphatic rings. The predicted molar refractivity (Wildman–Crippen MR) is 83.1 cm³/mol. The molecule has 2 aromatic carbocycles. The van der Waals surface area contributed by atoms with Crippen molar-refractivity contribution < 1.29 is 14.6 Å². The Balaban J connectivity index is 2.22. The average molecular weight is 284 g/mol. The Morgan fingerprint density at radius 3 is 1.95 bits per heavy atom. The summed E-state index contributed by atoms with van der Waals surface area (Å²) in [5.41, 5.74) is 5.53. The van der Waals surface area contributed by atoms with Crippen LogP contribution in [-0.2, 0) is 6.61 Å². The molecule has 0 aliphatic carbocycles. The first kappa shape index (κ1) is 15.1. The largest absolute Gasteiger partial charge is 0.488 e. The van der Waals surface area contributed by atoms with E-state index in [2.05, 4.69) is 32.0 Å². The van der Waals surface area contributed by atoms with Gasteiger partial charge >= 0.3 is 5.97 Å². The van der Waals surface area contributed by atoms with Crippen molar-refractivity contribution in [3.05, 3.63) is 63.7 Å². The summed E-state index contributed by atoms with van der Waals surface area (Å²) in [6.07, 6.45) is 0. The van der Waals surface area contributed by atoms with Gasteiger partial charge in [0.15, 0.2) is 0 Å². The van der Waals surface area contributed by atoms with E-state index in [4.69, 9.17) is 9.84 Å². The van der Waals surface area contributed by atoms with Crippen LogP contribution in [0, 0.1) is 27.7 Å². The van der Waals surface area contributed by atoms with E-state index in [1.54, 1.807) is 12.1 Å². The number of aromatic carboxylic acids is 1. The SMILES string of the molecule is Cc1cc(C)cc(COc2c(C)cc(C(=O)O)cc2C)c1. The number of ether oxygens (including phenoxy) is 1. The Kier molecular flexibility index (Phi) is 4.32. The standard InChI is InChI=1S/C18H20O3/c1-11-5-12(2)7-15(6-11)10-21-17-13(3)8-16(18(19)20)9-14(17)4/h5-9H,10H2,1-4H3,(H,19,20). The molecule has 0 fully saturated rings. The summed E-state index contributed by atoms with van der Waals surface area (Å²) in [5.74, 6) is -0.152. The molecule has 0 saturated carbocycles. The molecular formula is C18H20O3. The lowest BCUT2D eigenvalue weighted by Crippen LogP contribution is -2.03. The van der Waals surface area contributed by atoms with E-state index in [9.17, 15) is 4.79 Å². The van der Waals surface area contributed by atoms with Gasteiger partial charge in [0.2, 0.25) is 0 Å². The molecule has 21 heavy (non-hydrogen) atoms. The highest BCUT2D eigenvalue weighted by atomic mass is 16.5. The summed E-state index contributed by atoms with van der Waals surface area (Å²) in [6.45, 7) is 8.35. The third-order valence-corrected chi connectivity index (χ3v) is 3.37. The van der Waals surface area contributed by atoms with Gasteiger partial charge < -0.3 is 9.84 Å². The van der Waals surface area contributed by atoms with Crippen molar-refractivity contribution in [1.82, 2.24) is 0 Å². The number of carboxylic acid groups (broad SMARTS) is 1. The van der Waals surface area contributed by atoms with Gasteiger partial charge in [-0.3, -0.25) is 0 Å². The minimum atomic E-state index is -0.915. The number of hydrogen-bond donors (Lipinski definition) is 1. The maximum absolute atomic E-state index is 11.0. The molecule has 0 aromatic heterocycles. The molecule has 0 atom stereocenters. The first-order valence-corrected chi connectivity index (χ1v) is 6.91. The fraction of sp³-hybridized carbons (Fsp3) is 0.278. The van der Waals surface area contributed by atoms with Gasteiger partial charge in [-0.15, -0.1) is 0 Å². The quantitative estimate of drug-likeness (QED) is 0.915. The van der Waals surface area contributed by atoms with Crippen LogP contribution in [0.4, 0.5) is 0 Å². The first-order valence-electron chi connectivity index (χ1n) is 6.91. The van der Waals surface area contributed by atoms with Gasteiger partial charge in [-0.1, -0.05) is 29.3 Å². The van der Waals surface area contributed by atoms with Crippen molar-refractivity contribution in [2.24, 2.45) is 0 Å². The Labute approximate surface area is 125 Å². The third kappa shape index (κ3) is 3.63. The molecule has 2 rings (SSSR count). The van der Waals surface area contributed by atoms with E-state index in [-0.39, 0.29) is 0 Å². The Morgan fingerprint density at radius 2 is 1.48 bits per heavy atom. The number of rotatable bonds is 4. The summed E-state index contributed by atoms with van der Waals surface area (Å²) >= 11 is 0. The molecule has 3 nitrogen and oxygen atoms in total. The molecular weight excluding hydrogens is 264 g/mol. The third-order valence-electron chi connectivity index (χ3n) is 3.37. The molecule has 0 heterocycles. The van der Waals surface area contributed by atoms with Gasteiger partial charge in [0, 0.05) is 0 Å². The summed E-state index contributed by atoms with van der Waals surface area (Å²) in [5, 5.41) is 9.05. The van der Waals surface area contributed by atoms with Crippen molar-refractivity contribution in [2.45, 2.75) is 34.3 Å². The van der Waals surface area contributed by atoms with E-state index in [0.717, 1.165) is 22.4 Å². The van der Waals surface area contributed by atoms with E-state index >= 15 is 0 Å². The maximum Gasteiger partial charge on any atom is 0.335 e. The topological polar surface area (TPSA) is 46.5 Å². The molecule has 0 radical (unpaired) electrons. The molecule has 0 bridgehead atoms. The molecule has 0 unspecified atom stereocenters. The summed E-state index contributed by atoms with van der Waals surface area (Å²) in [7, 11) is 0. The smallest absolute Gasteiger partial charge is 0.335 e. The summed E-state index contributed by atoms with van der Waals surface area (Å²) < 4.78 is 5.91. The van der Waals surface area contributed by atoms with Crippen LogP contribution in [0.25, 0.3) is 0 Å². The fourth-order valence-electron chi connectivity index (χ4n) is 2.61. The molecule has 0 saturated heterocycles. The van der Waals surface area contributed by atoms with Crippen LogP contribution >= 0.6 is 0 Å². The lowest BCUT2D eigenvalue weighted by atomic mass is 10.1. The van der Waals surface area contributed by atoms with Crippen LogP contribution in [0.15, 0.2) is 30.3 Å². The maximum atomic E-state index is 11.0. The molecule has 2 aromatic rings. The Morgan fingerprint density at radius 1 is 0.952 bits per heavy atom. The molecule has 0 spiro atoms. The van der Waals surface area contributed by atoms with Crippen LogP contribution in [0.5, 0.6) is 5.75 Å². The van der Waals surface area contributed by atoms with Crippen molar-refractivity contribution in [2.75, 3.05) is 0 Å². The number of carboxylic acids is 1. The zero-order valence-corrected chi connectivity index (χ0v) is 12.9. The summed E-state index contributed by atoms with van der Waals surface area (Å²) in [6, 6.07) is 9.62.